The maximum absolute atomic E-state index is 5.66. The summed E-state index contributed by atoms with van der Waals surface area (Å²) < 4.78 is 5.36. The quantitative estimate of drug-likeness (QED) is 0.877. The van der Waals surface area contributed by atoms with Gasteiger partial charge in [-0.15, -0.1) is 11.3 Å². The molecule has 0 saturated carbocycles. The van der Waals surface area contributed by atoms with Gasteiger partial charge in [0.15, 0.2) is 0 Å². The van der Waals surface area contributed by atoms with E-state index in [4.69, 9.17) is 10.5 Å². The van der Waals surface area contributed by atoms with E-state index in [1.165, 1.54) is 22.7 Å². The lowest BCUT2D eigenvalue weighted by Crippen LogP contribution is -2.17. The summed E-state index contributed by atoms with van der Waals surface area (Å²) in [5.41, 5.74) is 5.66. The lowest BCUT2D eigenvalue weighted by atomic mass is 9.97. The van der Waals surface area contributed by atoms with Gasteiger partial charge in [-0.05, 0) is 25.3 Å². The highest BCUT2D eigenvalue weighted by atomic mass is 32.1. The van der Waals surface area contributed by atoms with E-state index in [1.807, 2.05) is 17.5 Å². The van der Waals surface area contributed by atoms with E-state index < -0.39 is 0 Å². The third-order valence-corrected chi connectivity index (χ3v) is 4.47. The number of nitrogens with two attached hydrogens (primary N) is 1. The fourth-order valence-electron chi connectivity index (χ4n) is 1.96. The molecule has 1 aromatic heterocycles. The van der Waals surface area contributed by atoms with E-state index in [1.54, 1.807) is 0 Å². The van der Waals surface area contributed by atoms with Crippen LogP contribution >= 0.6 is 11.3 Å². The van der Waals surface area contributed by atoms with Crippen LogP contribution < -0.4 is 5.73 Å². The van der Waals surface area contributed by atoms with Crippen LogP contribution in [0.5, 0.6) is 0 Å². The molecule has 1 saturated heterocycles. The molecule has 2 N–H and O–H groups in total. The molecular formula is C12H20N2OS. The zero-order chi connectivity index (χ0) is 11.4. The Kier molecular flexibility index (Phi) is 4.32. The minimum atomic E-state index is 0.445. The van der Waals surface area contributed by atoms with Gasteiger partial charge in [-0.3, -0.25) is 0 Å². The van der Waals surface area contributed by atoms with E-state index in [9.17, 15) is 0 Å². The first-order valence-electron chi connectivity index (χ1n) is 6.02. The van der Waals surface area contributed by atoms with Gasteiger partial charge in [-0.1, -0.05) is 6.92 Å². The minimum Gasteiger partial charge on any atom is -0.381 e. The molecule has 16 heavy (non-hydrogen) atoms. The van der Waals surface area contributed by atoms with Gasteiger partial charge in [-0.2, -0.15) is 0 Å². The molecule has 1 aliphatic rings. The van der Waals surface area contributed by atoms with Gasteiger partial charge < -0.3 is 10.5 Å². The molecule has 3 nitrogen and oxygen atoms in total. The summed E-state index contributed by atoms with van der Waals surface area (Å²) in [6, 6.07) is 0. The number of ether oxygens (including phenoxy) is 1. The second-order valence-corrected chi connectivity index (χ2v) is 5.70. The second kappa shape index (κ2) is 5.75. The normalized spacial score (nSPS) is 19.9. The van der Waals surface area contributed by atoms with Crippen LogP contribution in [0.1, 0.15) is 35.6 Å². The van der Waals surface area contributed by atoms with Crippen LogP contribution in [-0.4, -0.2) is 24.7 Å². The Morgan fingerprint density at radius 3 is 3.00 bits per heavy atom. The third kappa shape index (κ3) is 3.03. The fraction of sp³-hybridized carbons (Fsp3) is 0.750. The van der Waals surface area contributed by atoms with Crippen molar-refractivity contribution < 1.29 is 4.74 Å². The van der Waals surface area contributed by atoms with Gasteiger partial charge in [-0.25, -0.2) is 4.98 Å². The van der Waals surface area contributed by atoms with Crippen molar-refractivity contribution in [3.8, 4) is 0 Å². The summed E-state index contributed by atoms with van der Waals surface area (Å²) in [5, 5.41) is 1.27. The number of hydrogen-bond donors (Lipinski definition) is 1. The number of rotatable bonds is 4. The molecule has 0 bridgehead atoms. The summed E-state index contributed by atoms with van der Waals surface area (Å²) in [4.78, 5) is 5.83. The molecule has 1 atom stereocenters. The molecule has 0 aliphatic carbocycles. The van der Waals surface area contributed by atoms with Crippen molar-refractivity contribution in [2.75, 3.05) is 19.8 Å². The molecule has 4 heteroatoms. The maximum atomic E-state index is 5.66. The van der Waals surface area contributed by atoms with Crippen molar-refractivity contribution in [1.82, 2.24) is 4.98 Å². The molecule has 1 unspecified atom stereocenters. The van der Waals surface area contributed by atoms with Crippen LogP contribution in [0.4, 0.5) is 0 Å². The topological polar surface area (TPSA) is 48.1 Å². The molecule has 2 rings (SSSR count). The van der Waals surface area contributed by atoms with Crippen LogP contribution in [0.2, 0.25) is 0 Å². The lowest BCUT2D eigenvalue weighted by Gasteiger charge is -2.20. The largest absolute Gasteiger partial charge is 0.381 e. The van der Waals surface area contributed by atoms with Crippen molar-refractivity contribution in [1.29, 1.82) is 0 Å². The number of thiazole rings is 1. The number of aromatic nitrogens is 1. The van der Waals surface area contributed by atoms with E-state index in [2.05, 4.69) is 11.9 Å². The monoisotopic (exact) mass is 240 g/mol. The molecule has 1 aliphatic heterocycles. The predicted molar refractivity (Wildman–Crippen MR) is 66.8 cm³/mol. The van der Waals surface area contributed by atoms with Crippen LogP contribution in [0.15, 0.2) is 6.20 Å². The first-order valence-corrected chi connectivity index (χ1v) is 6.83. The summed E-state index contributed by atoms with van der Waals surface area (Å²) in [6.45, 7) is 4.70. The Morgan fingerprint density at radius 2 is 2.31 bits per heavy atom. The van der Waals surface area contributed by atoms with Gasteiger partial charge >= 0.3 is 0 Å². The van der Waals surface area contributed by atoms with Gasteiger partial charge in [0.05, 0.1) is 5.01 Å². The van der Waals surface area contributed by atoms with Crippen molar-refractivity contribution in [2.24, 2.45) is 11.7 Å². The highest BCUT2D eigenvalue weighted by molar-refractivity contribution is 7.11. The molecule has 0 aromatic carbocycles. The first-order chi connectivity index (χ1) is 7.79. The average molecular weight is 240 g/mol. The molecule has 0 spiro atoms. The smallest absolute Gasteiger partial charge is 0.0930 e. The number of hydrogen-bond acceptors (Lipinski definition) is 4. The molecular weight excluding hydrogens is 220 g/mol. The van der Waals surface area contributed by atoms with Gasteiger partial charge in [0.1, 0.15) is 0 Å². The Morgan fingerprint density at radius 1 is 1.56 bits per heavy atom. The second-order valence-electron chi connectivity index (χ2n) is 4.55. The molecule has 1 fully saturated rings. The Labute approximate surface area is 101 Å². The maximum Gasteiger partial charge on any atom is 0.0930 e. The summed E-state index contributed by atoms with van der Waals surface area (Å²) in [6.07, 6.45) is 5.48. The van der Waals surface area contributed by atoms with Crippen LogP contribution in [-0.2, 0) is 11.2 Å². The van der Waals surface area contributed by atoms with E-state index >= 15 is 0 Å². The molecule has 2 heterocycles. The van der Waals surface area contributed by atoms with E-state index in [0.29, 0.717) is 12.5 Å². The zero-order valence-corrected chi connectivity index (χ0v) is 10.6. The zero-order valence-electron chi connectivity index (χ0n) is 9.82. The molecule has 1 aromatic rings. The highest BCUT2D eigenvalue weighted by Gasteiger charge is 2.16. The average Bonchev–Trinajstić information content (AvgIpc) is 2.78. The van der Waals surface area contributed by atoms with Crippen molar-refractivity contribution in [3.05, 3.63) is 16.1 Å². The Hall–Kier alpha value is -0.450. The van der Waals surface area contributed by atoms with Crippen LogP contribution in [0, 0.1) is 5.92 Å². The van der Waals surface area contributed by atoms with Gasteiger partial charge in [0, 0.05) is 36.6 Å². The van der Waals surface area contributed by atoms with E-state index in [-0.39, 0.29) is 0 Å². The van der Waals surface area contributed by atoms with Crippen molar-refractivity contribution in [3.63, 3.8) is 0 Å². The Bertz CT molecular complexity index is 321. The van der Waals surface area contributed by atoms with Crippen molar-refractivity contribution in [2.45, 2.75) is 32.1 Å². The summed E-state index contributed by atoms with van der Waals surface area (Å²) in [7, 11) is 0. The first kappa shape index (κ1) is 12.0. The third-order valence-electron chi connectivity index (χ3n) is 3.21. The predicted octanol–water partition coefficient (Wildman–Crippen LogP) is 2.17. The van der Waals surface area contributed by atoms with Crippen LogP contribution in [0.3, 0.4) is 0 Å². The minimum absolute atomic E-state index is 0.445. The fourth-order valence-corrected chi connectivity index (χ4v) is 3.06. The van der Waals surface area contributed by atoms with Gasteiger partial charge in [0.25, 0.3) is 0 Å². The highest BCUT2D eigenvalue weighted by Crippen LogP contribution is 2.26. The van der Waals surface area contributed by atoms with E-state index in [0.717, 1.165) is 25.6 Å². The Balaban J connectivity index is 1.91. The molecule has 0 amide bonds. The number of nitrogens with zero attached hydrogens (tertiary/aromatic N) is 1. The van der Waals surface area contributed by atoms with Crippen LogP contribution in [0.25, 0.3) is 0 Å². The van der Waals surface area contributed by atoms with Crippen molar-refractivity contribution >= 4 is 11.3 Å². The summed E-state index contributed by atoms with van der Waals surface area (Å²) >= 11 is 1.83. The summed E-state index contributed by atoms with van der Waals surface area (Å²) in [5.74, 6) is 1.21. The molecule has 0 radical (unpaired) electrons. The SMILES string of the molecule is CC(CN)c1cnc(CC2CCOCC2)s1. The standard InChI is InChI=1S/C12H20N2OS/c1-9(7-13)11-8-14-12(16-11)6-10-2-4-15-5-3-10/h8-10H,2-7,13H2,1H3. The van der Waals surface area contributed by atoms with Gasteiger partial charge in [0.2, 0.25) is 0 Å². The lowest BCUT2D eigenvalue weighted by molar-refractivity contribution is 0.0665. The molecule has 90 valence electrons.